The van der Waals surface area contributed by atoms with Gasteiger partial charge in [-0.25, -0.2) is 8.42 Å². The van der Waals surface area contributed by atoms with Gasteiger partial charge in [-0.2, -0.15) is 23.0 Å². The van der Waals surface area contributed by atoms with E-state index in [1.807, 2.05) is 19.1 Å². The van der Waals surface area contributed by atoms with Crippen LogP contribution < -0.4 is 10.1 Å². The molecule has 4 rings (SSSR count). The van der Waals surface area contributed by atoms with E-state index in [0.29, 0.717) is 55.3 Å². The first-order chi connectivity index (χ1) is 19.8. The fourth-order valence-electron chi connectivity index (χ4n) is 4.67. The van der Waals surface area contributed by atoms with Gasteiger partial charge in [0.2, 0.25) is 15.9 Å². The molecule has 1 aliphatic carbocycles. The molecule has 1 unspecified atom stereocenters. The van der Waals surface area contributed by atoms with Gasteiger partial charge in [-0.1, -0.05) is 35.9 Å². The number of carbonyl (C=O) groups is 1. The van der Waals surface area contributed by atoms with Gasteiger partial charge in [-0.3, -0.25) is 4.79 Å². The summed E-state index contributed by atoms with van der Waals surface area (Å²) in [7, 11) is -4.70. The summed E-state index contributed by atoms with van der Waals surface area (Å²) in [5.74, 6) is -1.61. The van der Waals surface area contributed by atoms with Crippen molar-refractivity contribution >= 4 is 21.6 Å². The van der Waals surface area contributed by atoms with Crippen LogP contribution in [0.5, 0.6) is 0 Å². The number of halogens is 3. The van der Waals surface area contributed by atoms with Crippen LogP contribution in [0.25, 0.3) is 0 Å². The fourth-order valence-corrected chi connectivity index (χ4v) is 6.01. The summed E-state index contributed by atoms with van der Waals surface area (Å²) in [6.07, 6.45) is 3.30. The lowest BCUT2D eigenvalue weighted by Gasteiger charge is -2.42. The van der Waals surface area contributed by atoms with Gasteiger partial charge in [0.1, 0.15) is 18.2 Å². The van der Waals surface area contributed by atoms with E-state index in [1.165, 1.54) is 0 Å². The average molecular weight is 613 g/mol. The van der Waals surface area contributed by atoms with Crippen LogP contribution >= 0.6 is 0 Å². The monoisotopic (exact) mass is 612 g/mol. The molecule has 42 heavy (non-hydrogen) atoms. The first kappa shape index (κ1) is 31.7. The van der Waals surface area contributed by atoms with Crippen molar-refractivity contribution in [3.8, 4) is 0 Å². The molecular formula is C28H35F3N4O6S. The average Bonchev–Trinajstić information content (AvgIpc) is 2.90. The summed E-state index contributed by atoms with van der Waals surface area (Å²) < 4.78 is 82.1. The number of allylic oxidation sites excluding steroid dienone is 4. The second kappa shape index (κ2) is 13.4. The Kier molecular flexibility index (Phi) is 10.1. The molecule has 1 atom stereocenters. The number of hydrogen-bond donors (Lipinski definition) is 2. The number of hydrazone groups is 1. The van der Waals surface area contributed by atoms with Crippen LogP contribution in [0.15, 0.2) is 65.0 Å². The molecule has 0 saturated carbocycles. The zero-order valence-corrected chi connectivity index (χ0v) is 24.3. The van der Waals surface area contributed by atoms with Crippen molar-refractivity contribution in [1.29, 1.82) is 0 Å². The van der Waals surface area contributed by atoms with Crippen molar-refractivity contribution in [2.75, 3.05) is 51.8 Å². The van der Waals surface area contributed by atoms with Crippen LogP contribution in [0.2, 0.25) is 0 Å². The molecule has 0 bridgehead atoms. The van der Waals surface area contributed by atoms with E-state index in [0.717, 1.165) is 5.57 Å². The Hall–Kier alpha value is -3.20. The van der Waals surface area contributed by atoms with Gasteiger partial charge in [-0.05, 0) is 31.6 Å². The normalized spacial score (nSPS) is 21.4. The van der Waals surface area contributed by atoms with E-state index < -0.39 is 27.5 Å². The molecule has 10 nitrogen and oxygen atoms in total. The van der Waals surface area contributed by atoms with Crippen LogP contribution in [-0.2, 0) is 34.6 Å². The second-order valence-corrected chi connectivity index (χ2v) is 12.1. The molecular weight excluding hydrogens is 577 g/mol. The lowest BCUT2D eigenvalue weighted by Crippen LogP contribution is -2.60. The number of carbonyl (C=O) groups excluding carboxylic acids is 1. The highest BCUT2D eigenvalue weighted by molar-refractivity contribution is 7.89. The minimum absolute atomic E-state index is 0.0681. The smallest absolute Gasteiger partial charge is 0.404 e. The van der Waals surface area contributed by atoms with E-state index in [4.69, 9.17) is 14.2 Å². The van der Waals surface area contributed by atoms with Gasteiger partial charge < -0.3 is 24.5 Å². The van der Waals surface area contributed by atoms with Gasteiger partial charge in [0.25, 0.3) is 0 Å². The molecule has 2 fully saturated rings. The van der Waals surface area contributed by atoms with Crippen molar-refractivity contribution in [3.05, 3.63) is 71.0 Å². The largest absolute Gasteiger partial charge is 0.491 e. The van der Waals surface area contributed by atoms with Gasteiger partial charge in [-0.15, -0.1) is 0 Å². The van der Waals surface area contributed by atoms with Gasteiger partial charge >= 0.3 is 6.18 Å². The van der Waals surface area contributed by atoms with Gasteiger partial charge in [0.15, 0.2) is 5.75 Å². The lowest BCUT2D eigenvalue weighted by molar-refractivity contribution is -0.134. The molecule has 1 aromatic rings. The predicted octanol–water partition coefficient (Wildman–Crippen LogP) is 2.74. The highest BCUT2D eigenvalue weighted by Gasteiger charge is 2.46. The van der Waals surface area contributed by atoms with E-state index in [-0.39, 0.29) is 31.8 Å². The summed E-state index contributed by atoms with van der Waals surface area (Å²) in [6, 6.07) is 6.63. The minimum atomic E-state index is -4.89. The second-order valence-electron chi connectivity index (χ2n) is 10.4. The Morgan fingerprint density at radius 3 is 2.60 bits per heavy atom. The summed E-state index contributed by atoms with van der Waals surface area (Å²) in [6.45, 7) is 5.35. The van der Waals surface area contributed by atoms with Crippen molar-refractivity contribution in [3.63, 3.8) is 0 Å². The molecule has 1 amide bonds. The Balaban J connectivity index is 1.58. The van der Waals surface area contributed by atoms with E-state index in [1.54, 1.807) is 42.2 Å². The number of ether oxygens (including phenoxy) is 3. The Labute approximate surface area is 243 Å². The van der Waals surface area contributed by atoms with Crippen molar-refractivity contribution in [2.24, 2.45) is 5.10 Å². The third-order valence-electron chi connectivity index (χ3n) is 6.83. The third-order valence-corrected chi connectivity index (χ3v) is 8.24. The highest BCUT2D eigenvalue weighted by atomic mass is 32.2. The molecule has 0 aromatic heterocycles. The summed E-state index contributed by atoms with van der Waals surface area (Å²) in [4.78, 5) is 14.3. The van der Waals surface area contributed by atoms with Crippen LogP contribution in [0.1, 0.15) is 31.4 Å². The molecule has 2 aliphatic heterocycles. The predicted molar refractivity (Wildman–Crippen MR) is 150 cm³/mol. The maximum atomic E-state index is 12.9. The quantitative estimate of drug-likeness (QED) is 0.224. The topological polar surface area (TPSA) is 119 Å². The third kappa shape index (κ3) is 8.90. The Morgan fingerprint density at radius 2 is 1.98 bits per heavy atom. The number of rotatable bonds is 11. The van der Waals surface area contributed by atoms with Crippen LogP contribution in [0.3, 0.4) is 0 Å². The Morgan fingerprint density at radius 1 is 1.24 bits per heavy atom. The van der Waals surface area contributed by atoms with Crippen molar-refractivity contribution in [1.82, 2.24) is 15.0 Å². The number of amides is 1. The number of morpholine rings is 1. The van der Waals surface area contributed by atoms with Crippen LogP contribution in [0.4, 0.5) is 13.2 Å². The SMILES string of the molecule is CC1=CCC(O/C(C)=C/C(=N\NCC(=O)N2CCOCC2)c2cccc(C3(NS(=O)(=O)CC(F)(F)F)COC3)c2)C=C1. The van der Waals surface area contributed by atoms with Crippen molar-refractivity contribution in [2.45, 2.75) is 38.1 Å². The van der Waals surface area contributed by atoms with E-state index in [9.17, 15) is 26.4 Å². The molecule has 2 N–H and O–H groups in total. The van der Waals surface area contributed by atoms with Crippen LogP contribution in [-0.4, -0.2) is 89.0 Å². The van der Waals surface area contributed by atoms with E-state index in [2.05, 4.69) is 21.3 Å². The van der Waals surface area contributed by atoms with Gasteiger partial charge in [0, 0.05) is 31.1 Å². The number of benzene rings is 1. The van der Waals surface area contributed by atoms with E-state index >= 15 is 0 Å². The number of nitrogens with one attached hydrogen (secondary N) is 2. The number of nitrogens with zero attached hydrogens (tertiary/aromatic N) is 2. The maximum absolute atomic E-state index is 12.9. The first-order valence-electron chi connectivity index (χ1n) is 13.5. The lowest BCUT2D eigenvalue weighted by atomic mass is 9.87. The molecule has 2 heterocycles. The zero-order valence-electron chi connectivity index (χ0n) is 23.4. The van der Waals surface area contributed by atoms with Crippen LogP contribution in [0, 0.1) is 0 Å². The zero-order chi connectivity index (χ0) is 30.4. The summed E-state index contributed by atoms with van der Waals surface area (Å²) in [5.41, 5.74) is 3.91. The molecule has 1 aromatic carbocycles. The minimum Gasteiger partial charge on any atom is -0.491 e. The first-order valence-corrected chi connectivity index (χ1v) is 15.1. The summed E-state index contributed by atoms with van der Waals surface area (Å²) in [5, 5.41) is 4.45. The number of alkyl halides is 3. The van der Waals surface area contributed by atoms with Crippen molar-refractivity contribution < 1.29 is 40.6 Å². The number of sulfonamides is 1. The fraction of sp³-hybridized carbons (Fsp3) is 0.500. The molecule has 3 aliphatic rings. The molecule has 0 spiro atoms. The molecule has 230 valence electrons. The highest BCUT2D eigenvalue weighted by Crippen LogP contribution is 2.32. The van der Waals surface area contributed by atoms with Gasteiger partial charge in [0.05, 0.1) is 37.9 Å². The maximum Gasteiger partial charge on any atom is 0.404 e. The Bertz CT molecular complexity index is 1360. The molecule has 0 radical (unpaired) electrons. The molecule has 2 saturated heterocycles. The standard InChI is InChI=1S/C28H35F3N4O6S/c1-20-6-8-24(9-7-20)41-21(2)14-25(33-32-16-26(36)35-10-12-39-13-11-35)22-4-3-5-23(15-22)27(17-40-18-27)34-42(37,38)19-28(29,30)31/h3-8,14-15,24,32,34H,9-13,16-19H2,1-2H3/b21-14+,33-25+. The molecule has 14 heteroatoms. The number of hydrogen-bond acceptors (Lipinski definition) is 8. The summed E-state index contributed by atoms with van der Waals surface area (Å²) >= 11 is 0.